The van der Waals surface area contributed by atoms with E-state index < -0.39 is 11.8 Å². The molecule has 134 valence electrons. The number of ether oxygens (including phenoxy) is 1. The van der Waals surface area contributed by atoms with Gasteiger partial charge in [0, 0.05) is 16.3 Å². The summed E-state index contributed by atoms with van der Waals surface area (Å²) in [6.07, 6.45) is 3.51. The minimum Gasteiger partial charge on any atom is -0.462 e. The second kappa shape index (κ2) is 8.54. The quantitative estimate of drug-likeness (QED) is 0.270. The first-order valence-corrected chi connectivity index (χ1v) is 9.32. The predicted molar refractivity (Wildman–Crippen MR) is 102 cm³/mol. The van der Waals surface area contributed by atoms with Crippen molar-refractivity contribution in [3.63, 3.8) is 0 Å². The second-order valence-electron chi connectivity index (χ2n) is 5.62. The first kappa shape index (κ1) is 19.5. The largest absolute Gasteiger partial charge is 0.462 e. The summed E-state index contributed by atoms with van der Waals surface area (Å²) in [6.45, 7) is 5.31. The average molecular weight is 368 g/mol. The Morgan fingerprint density at radius 1 is 1.19 bits per heavy atom. The molecule has 1 N–H and O–H groups in total. The zero-order valence-corrected chi connectivity index (χ0v) is 16.0. The van der Waals surface area contributed by atoms with Crippen LogP contribution in [0.3, 0.4) is 0 Å². The van der Waals surface area contributed by atoms with E-state index in [1.165, 1.54) is 6.08 Å². The van der Waals surface area contributed by atoms with Crippen molar-refractivity contribution in [1.29, 1.82) is 5.26 Å². The fourth-order valence-electron chi connectivity index (χ4n) is 2.67. The number of H-pyrrole nitrogens is 1. The molecule has 2 aromatic rings. The third-order valence-electron chi connectivity index (χ3n) is 3.87. The molecule has 0 radical (unpaired) electrons. The molecule has 0 aliphatic carbocycles. The maximum atomic E-state index is 12.9. The third kappa shape index (κ3) is 4.06. The third-order valence-corrected chi connectivity index (χ3v) is 4.62. The van der Waals surface area contributed by atoms with Gasteiger partial charge in [-0.1, -0.05) is 12.1 Å². The number of Topliss-reactive ketones (excluding diaryl/α,β-unsaturated/α-hetero) is 1. The molecule has 0 spiro atoms. The zero-order valence-electron chi connectivity index (χ0n) is 15.2. The lowest BCUT2D eigenvalue weighted by Gasteiger charge is -2.05. The number of nitrogens with zero attached hydrogens (tertiary/aromatic N) is 1. The van der Waals surface area contributed by atoms with Gasteiger partial charge in [-0.3, -0.25) is 4.79 Å². The van der Waals surface area contributed by atoms with Crippen LogP contribution in [0.2, 0.25) is 0 Å². The number of carbonyl (C=O) groups excluding carboxylic acids is 2. The van der Waals surface area contributed by atoms with Gasteiger partial charge in [0.15, 0.2) is 0 Å². The number of nitrogens with one attached hydrogen (secondary N) is 1. The maximum Gasteiger partial charge on any atom is 0.340 e. The van der Waals surface area contributed by atoms with Crippen molar-refractivity contribution in [2.24, 2.45) is 0 Å². The van der Waals surface area contributed by atoms with Crippen LogP contribution in [-0.2, 0) is 4.74 Å². The fraction of sp³-hybridized carbons (Fsp3) is 0.250. The van der Waals surface area contributed by atoms with Crippen LogP contribution in [0.25, 0.3) is 6.08 Å². The number of ketones is 1. The lowest BCUT2D eigenvalue weighted by Crippen LogP contribution is -2.13. The Morgan fingerprint density at radius 3 is 2.35 bits per heavy atom. The number of aromatic amines is 1. The number of hydrogen-bond donors (Lipinski definition) is 1. The molecular formula is C20H20N2O3S. The molecule has 0 aliphatic heterocycles. The van der Waals surface area contributed by atoms with Gasteiger partial charge in [0.1, 0.15) is 11.6 Å². The van der Waals surface area contributed by atoms with Crippen LogP contribution in [0.1, 0.15) is 44.6 Å². The highest BCUT2D eigenvalue weighted by molar-refractivity contribution is 7.98. The number of carbonyl (C=O) groups is 2. The van der Waals surface area contributed by atoms with Gasteiger partial charge in [0.05, 0.1) is 17.7 Å². The van der Waals surface area contributed by atoms with Crippen LogP contribution < -0.4 is 0 Å². The second-order valence-corrected chi connectivity index (χ2v) is 6.50. The summed E-state index contributed by atoms with van der Waals surface area (Å²) in [5.41, 5.74) is 2.17. The molecule has 0 aliphatic rings. The van der Waals surface area contributed by atoms with Crippen molar-refractivity contribution in [3.05, 3.63) is 57.9 Å². The summed E-state index contributed by atoms with van der Waals surface area (Å²) >= 11 is 1.61. The predicted octanol–water partition coefficient (Wildman–Crippen LogP) is 4.32. The van der Waals surface area contributed by atoms with E-state index in [9.17, 15) is 14.9 Å². The Labute approximate surface area is 157 Å². The number of aromatic nitrogens is 1. The summed E-state index contributed by atoms with van der Waals surface area (Å²) in [4.78, 5) is 29.3. The Hall–Kier alpha value is -2.78. The first-order chi connectivity index (χ1) is 12.4. The lowest BCUT2D eigenvalue weighted by molar-refractivity contribution is 0.0523. The Balaban J connectivity index is 2.47. The average Bonchev–Trinajstić information content (AvgIpc) is 2.93. The van der Waals surface area contributed by atoms with Gasteiger partial charge < -0.3 is 9.72 Å². The van der Waals surface area contributed by atoms with Gasteiger partial charge >= 0.3 is 5.97 Å². The first-order valence-electron chi connectivity index (χ1n) is 8.09. The summed E-state index contributed by atoms with van der Waals surface area (Å²) < 4.78 is 5.05. The van der Waals surface area contributed by atoms with Crippen LogP contribution in [-0.4, -0.2) is 29.6 Å². The number of allylic oxidation sites excluding steroid dienone is 1. The minimum atomic E-state index is -0.570. The van der Waals surface area contributed by atoms with E-state index in [0.29, 0.717) is 11.4 Å². The van der Waals surface area contributed by atoms with Gasteiger partial charge in [-0.25, -0.2) is 4.79 Å². The molecule has 0 amide bonds. The van der Waals surface area contributed by atoms with Crippen molar-refractivity contribution in [2.75, 3.05) is 12.9 Å². The molecule has 0 unspecified atom stereocenters. The van der Waals surface area contributed by atoms with Gasteiger partial charge in [-0.05, 0) is 50.8 Å². The van der Waals surface area contributed by atoms with Crippen molar-refractivity contribution in [2.45, 2.75) is 25.7 Å². The van der Waals surface area contributed by atoms with Gasteiger partial charge in [-0.2, -0.15) is 5.26 Å². The smallest absolute Gasteiger partial charge is 0.340 e. The molecule has 0 saturated heterocycles. The van der Waals surface area contributed by atoms with Crippen LogP contribution in [0, 0.1) is 25.2 Å². The van der Waals surface area contributed by atoms with Gasteiger partial charge in [0.25, 0.3) is 0 Å². The van der Waals surface area contributed by atoms with Crippen LogP contribution in [0.5, 0.6) is 0 Å². The van der Waals surface area contributed by atoms with Gasteiger partial charge in [0.2, 0.25) is 5.78 Å². The SMILES string of the molecule is CCOC(=O)c1c(C)[nH]c(C)c1C(=O)/C(C#N)=C/c1ccc(SC)cc1. The van der Waals surface area contributed by atoms with E-state index >= 15 is 0 Å². The van der Waals surface area contributed by atoms with E-state index in [4.69, 9.17) is 4.74 Å². The molecule has 1 aromatic heterocycles. The topological polar surface area (TPSA) is 83.0 Å². The van der Waals surface area contributed by atoms with Crippen LogP contribution in [0.15, 0.2) is 34.7 Å². The summed E-state index contributed by atoms with van der Waals surface area (Å²) in [6, 6.07) is 9.49. The number of rotatable bonds is 6. The number of benzene rings is 1. The van der Waals surface area contributed by atoms with E-state index in [1.54, 1.807) is 32.5 Å². The maximum absolute atomic E-state index is 12.9. The van der Waals surface area contributed by atoms with Gasteiger partial charge in [-0.15, -0.1) is 11.8 Å². The van der Waals surface area contributed by atoms with Crippen LogP contribution >= 0.6 is 11.8 Å². The van der Waals surface area contributed by atoms with E-state index in [1.807, 2.05) is 36.6 Å². The lowest BCUT2D eigenvalue weighted by atomic mass is 9.98. The molecule has 0 atom stereocenters. The number of aryl methyl sites for hydroxylation is 2. The van der Waals surface area contributed by atoms with E-state index in [2.05, 4.69) is 4.98 Å². The fourth-order valence-corrected chi connectivity index (χ4v) is 3.08. The highest BCUT2D eigenvalue weighted by Crippen LogP contribution is 2.24. The van der Waals surface area contributed by atoms with Crippen molar-refractivity contribution in [3.8, 4) is 6.07 Å². The Kier molecular flexibility index (Phi) is 6.42. The number of esters is 1. The number of thioether (sulfide) groups is 1. The number of hydrogen-bond acceptors (Lipinski definition) is 5. The number of nitriles is 1. The molecule has 0 bridgehead atoms. The molecule has 0 saturated carbocycles. The Bertz CT molecular complexity index is 902. The van der Waals surface area contributed by atoms with Crippen molar-refractivity contribution < 1.29 is 14.3 Å². The van der Waals surface area contributed by atoms with E-state index in [-0.39, 0.29) is 23.3 Å². The molecule has 2 rings (SSSR count). The molecule has 5 nitrogen and oxygen atoms in total. The van der Waals surface area contributed by atoms with E-state index in [0.717, 1.165) is 10.5 Å². The minimum absolute atomic E-state index is 0.0328. The monoisotopic (exact) mass is 368 g/mol. The molecule has 0 fully saturated rings. The summed E-state index contributed by atoms with van der Waals surface area (Å²) in [5.74, 6) is -1.06. The van der Waals surface area contributed by atoms with Crippen molar-refractivity contribution >= 4 is 29.6 Å². The zero-order chi connectivity index (χ0) is 19.3. The molecule has 1 aromatic carbocycles. The Morgan fingerprint density at radius 2 is 1.81 bits per heavy atom. The highest BCUT2D eigenvalue weighted by atomic mass is 32.2. The van der Waals surface area contributed by atoms with Crippen molar-refractivity contribution in [1.82, 2.24) is 4.98 Å². The summed E-state index contributed by atoms with van der Waals surface area (Å²) in [5, 5.41) is 9.48. The molecule has 26 heavy (non-hydrogen) atoms. The molecule has 6 heteroatoms. The van der Waals surface area contributed by atoms with Crippen LogP contribution in [0.4, 0.5) is 0 Å². The molecular weight excluding hydrogens is 348 g/mol. The molecule has 1 heterocycles. The summed E-state index contributed by atoms with van der Waals surface area (Å²) in [7, 11) is 0. The standard InChI is InChI=1S/C20H20N2O3S/c1-5-25-20(24)18-13(3)22-12(2)17(18)19(23)15(11-21)10-14-6-8-16(26-4)9-7-14/h6-10,22H,5H2,1-4H3/b15-10+. The highest BCUT2D eigenvalue weighted by Gasteiger charge is 2.27. The normalized spacial score (nSPS) is 11.1.